The Hall–Kier alpha value is -1.83. The Bertz CT molecular complexity index is 576. The maximum Gasteiger partial charge on any atom is 0.162 e. The van der Waals surface area contributed by atoms with E-state index in [2.05, 4.69) is 9.97 Å². The van der Waals surface area contributed by atoms with Gasteiger partial charge in [0.15, 0.2) is 10.3 Å². The number of pyridine rings is 2. The molecule has 7 heteroatoms. The van der Waals surface area contributed by atoms with Crippen molar-refractivity contribution in [3.63, 3.8) is 0 Å². The maximum absolute atomic E-state index is 11.3. The third-order valence-electron chi connectivity index (χ3n) is 2.48. The fourth-order valence-corrected chi connectivity index (χ4v) is 2.22. The lowest BCUT2D eigenvalue weighted by molar-refractivity contribution is 0.331. The van der Waals surface area contributed by atoms with Gasteiger partial charge in [-0.2, -0.15) is 0 Å². The van der Waals surface area contributed by atoms with Gasteiger partial charge in [0.05, 0.1) is 0 Å². The van der Waals surface area contributed by atoms with Crippen molar-refractivity contribution in [2.75, 3.05) is 0 Å². The van der Waals surface area contributed by atoms with Crippen LogP contribution in [0, 0.1) is 0 Å². The molecule has 0 N–H and O–H groups in total. The number of aromatic nitrogens is 2. The Labute approximate surface area is 111 Å². The van der Waals surface area contributed by atoms with Gasteiger partial charge >= 0.3 is 0 Å². The van der Waals surface area contributed by atoms with E-state index in [1.165, 1.54) is 12.4 Å². The summed E-state index contributed by atoms with van der Waals surface area (Å²) in [6, 6.07) is 6.81. The second-order valence-electron chi connectivity index (χ2n) is 3.95. The van der Waals surface area contributed by atoms with E-state index < -0.39 is 10.3 Å². The molecule has 2 rings (SSSR count). The van der Waals surface area contributed by atoms with Crippen LogP contribution in [0.25, 0.3) is 0 Å². The fraction of sp³-hybridized carbons (Fsp3) is 0.167. The number of nitrogens with zero attached hydrogens (tertiary/aromatic N) is 3. The number of rotatable bonds is 5. The van der Waals surface area contributed by atoms with Crippen LogP contribution in [0.3, 0.4) is 0 Å². The van der Waals surface area contributed by atoms with Gasteiger partial charge in [-0.05, 0) is 23.3 Å². The molecule has 6 nitrogen and oxygen atoms in total. The van der Waals surface area contributed by atoms with Crippen molar-refractivity contribution in [1.29, 1.82) is 0 Å². The summed E-state index contributed by atoms with van der Waals surface area (Å²) in [6.07, 6.45) is 6.23. The van der Waals surface area contributed by atoms with Gasteiger partial charge in [0, 0.05) is 37.9 Å². The highest BCUT2D eigenvalue weighted by Gasteiger charge is 2.13. The van der Waals surface area contributed by atoms with E-state index in [1.54, 1.807) is 36.7 Å². The van der Waals surface area contributed by atoms with E-state index in [0.29, 0.717) is 11.1 Å². The van der Waals surface area contributed by atoms with Crippen LogP contribution in [0.15, 0.2) is 49.1 Å². The Morgan fingerprint density at radius 1 is 1.00 bits per heavy atom. The summed E-state index contributed by atoms with van der Waals surface area (Å²) in [7, 11) is -4.53. The molecule has 0 aliphatic rings. The first-order valence-corrected chi connectivity index (χ1v) is 6.91. The molecule has 2 aromatic rings. The molecule has 0 radical (unpaired) electrons. The topological polar surface area (TPSA) is 86.2 Å². The lowest BCUT2D eigenvalue weighted by Crippen LogP contribution is -2.29. The van der Waals surface area contributed by atoms with E-state index in [4.69, 9.17) is 0 Å². The van der Waals surface area contributed by atoms with Gasteiger partial charge in [0.2, 0.25) is 0 Å². The molecular formula is C12H12N3O3S-. The molecule has 19 heavy (non-hydrogen) atoms. The van der Waals surface area contributed by atoms with Gasteiger partial charge in [0.25, 0.3) is 0 Å². The van der Waals surface area contributed by atoms with E-state index in [1.807, 2.05) is 0 Å². The fourth-order valence-electron chi connectivity index (χ4n) is 1.60. The van der Waals surface area contributed by atoms with E-state index in [0.717, 1.165) is 4.31 Å². The van der Waals surface area contributed by atoms with Gasteiger partial charge in [-0.3, -0.25) is 9.97 Å². The summed E-state index contributed by atoms with van der Waals surface area (Å²) in [5, 5.41) is 0. The SMILES string of the molecule is O=S(=O)([O-])N(Cc1cccnc1)Cc1cccnc1. The zero-order chi connectivity index (χ0) is 13.7. The highest BCUT2D eigenvalue weighted by molar-refractivity contribution is 7.83. The lowest BCUT2D eigenvalue weighted by atomic mass is 10.2. The first-order chi connectivity index (χ1) is 9.05. The molecule has 0 fully saturated rings. The van der Waals surface area contributed by atoms with Crippen molar-refractivity contribution in [1.82, 2.24) is 14.3 Å². The van der Waals surface area contributed by atoms with E-state index >= 15 is 0 Å². The number of hydrogen-bond acceptors (Lipinski definition) is 5. The van der Waals surface area contributed by atoms with Crippen LogP contribution in [0.4, 0.5) is 0 Å². The Morgan fingerprint density at radius 2 is 1.47 bits per heavy atom. The van der Waals surface area contributed by atoms with Gasteiger partial charge in [-0.25, -0.2) is 12.7 Å². The van der Waals surface area contributed by atoms with Crippen molar-refractivity contribution in [2.24, 2.45) is 0 Å². The standard InChI is InChI=1S/C12H13N3O3S/c16-19(17,18)15(9-11-3-1-5-13-7-11)10-12-4-2-6-14-8-12/h1-8H,9-10H2,(H,16,17,18)/p-1. The summed E-state index contributed by atoms with van der Waals surface area (Å²) < 4.78 is 34.7. The van der Waals surface area contributed by atoms with Crippen LogP contribution in [0.1, 0.15) is 11.1 Å². The van der Waals surface area contributed by atoms with Crippen LogP contribution >= 0.6 is 0 Å². The summed E-state index contributed by atoms with van der Waals surface area (Å²) >= 11 is 0. The second kappa shape index (κ2) is 5.87. The monoisotopic (exact) mass is 278 g/mol. The van der Waals surface area contributed by atoms with Gasteiger partial charge < -0.3 is 4.55 Å². The average molecular weight is 278 g/mol. The Balaban J connectivity index is 2.18. The third-order valence-corrected chi connectivity index (χ3v) is 3.37. The molecule has 0 amide bonds. The summed E-state index contributed by atoms with van der Waals surface area (Å²) in [6.45, 7) is -0.0108. The van der Waals surface area contributed by atoms with Crippen LogP contribution < -0.4 is 0 Å². The molecule has 0 bridgehead atoms. The van der Waals surface area contributed by atoms with E-state index in [9.17, 15) is 13.0 Å². The molecule has 0 saturated heterocycles. The smallest absolute Gasteiger partial charge is 0.162 e. The summed E-state index contributed by atoms with van der Waals surface area (Å²) in [4.78, 5) is 7.78. The lowest BCUT2D eigenvalue weighted by Gasteiger charge is -2.24. The van der Waals surface area contributed by atoms with Crippen LogP contribution in [0.5, 0.6) is 0 Å². The molecule has 0 atom stereocenters. The van der Waals surface area contributed by atoms with Crippen molar-refractivity contribution in [2.45, 2.75) is 13.1 Å². The molecule has 0 aliphatic carbocycles. The Morgan fingerprint density at radius 3 is 1.79 bits per heavy atom. The first-order valence-electron chi connectivity index (χ1n) is 5.54. The third kappa shape index (κ3) is 4.09. The van der Waals surface area contributed by atoms with E-state index in [-0.39, 0.29) is 13.1 Å². The molecule has 2 aromatic heterocycles. The maximum atomic E-state index is 11.3. The van der Waals surface area contributed by atoms with Crippen molar-refractivity contribution in [3.05, 3.63) is 60.2 Å². The zero-order valence-corrected chi connectivity index (χ0v) is 10.8. The molecule has 0 aromatic carbocycles. The molecule has 0 saturated carbocycles. The molecule has 2 heterocycles. The van der Waals surface area contributed by atoms with Gasteiger partial charge in [0.1, 0.15) is 0 Å². The highest BCUT2D eigenvalue weighted by Crippen LogP contribution is 2.11. The summed E-state index contributed by atoms with van der Waals surface area (Å²) in [5.41, 5.74) is 1.32. The largest absolute Gasteiger partial charge is 0.735 e. The Kier molecular flexibility index (Phi) is 4.20. The predicted molar refractivity (Wildman–Crippen MR) is 67.4 cm³/mol. The minimum atomic E-state index is -4.53. The molecule has 0 spiro atoms. The van der Waals surface area contributed by atoms with Gasteiger partial charge in [-0.15, -0.1) is 0 Å². The van der Waals surface area contributed by atoms with Gasteiger partial charge in [-0.1, -0.05) is 12.1 Å². The highest BCUT2D eigenvalue weighted by atomic mass is 32.2. The predicted octanol–water partition coefficient (Wildman–Crippen LogP) is 0.939. The first kappa shape index (κ1) is 13.6. The summed E-state index contributed by atoms with van der Waals surface area (Å²) in [5.74, 6) is 0. The molecule has 100 valence electrons. The molecular weight excluding hydrogens is 266 g/mol. The minimum Gasteiger partial charge on any atom is -0.735 e. The number of hydrogen-bond donors (Lipinski definition) is 0. The quantitative estimate of drug-likeness (QED) is 0.760. The molecule has 0 unspecified atom stereocenters. The van der Waals surface area contributed by atoms with Crippen LogP contribution in [-0.2, 0) is 23.4 Å². The zero-order valence-electron chi connectivity index (χ0n) is 10.0. The van der Waals surface area contributed by atoms with Crippen LogP contribution in [-0.4, -0.2) is 27.2 Å². The normalized spacial score (nSPS) is 11.7. The minimum absolute atomic E-state index is 0.00539. The second-order valence-corrected chi connectivity index (χ2v) is 5.32. The average Bonchev–Trinajstić information content (AvgIpc) is 2.39. The molecule has 0 aliphatic heterocycles. The van der Waals surface area contributed by atoms with Crippen molar-refractivity contribution in [3.8, 4) is 0 Å². The van der Waals surface area contributed by atoms with Crippen molar-refractivity contribution < 1.29 is 13.0 Å². The van der Waals surface area contributed by atoms with Crippen molar-refractivity contribution >= 4 is 10.3 Å². The van der Waals surface area contributed by atoms with Crippen LogP contribution in [0.2, 0.25) is 0 Å².